The summed E-state index contributed by atoms with van der Waals surface area (Å²) in [6.07, 6.45) is 1.20. The minimum absolute atomic E-state index is 0.181. The molecule has 0 aliphatic carbocycles. The van der Waals surface area contributed by atoms with Gasteiger partial charge in [-0.1, -0.05) is 24.3 Å². The second kappa shape index (κ2) is 11.2. The van der Waals surface area contributed by atoms with Gasteiger partial charge in [-0.25, -0.2) is 0 Å². The van der Waals surface area contributed by atoms with Crippen LogP contribution >= 0.6 is 0 Å². The Balaban J connectivity index is 1.51. The van der Waals surface area contributed by atoms with Gasteiger partial charge in [0.1, 0.15) is 0 Å². The molecule has 7 heteroatoms. The molecule has 166 valence electrons. The van der Waals surface area contributed by atoms with Gasteiger partial charge in [-0.05, 0) is 43.5 Å². The van der Waals surface area contributed by atoms with E-state index in [4.69, 9.17) is 9.47 Å². The van der Waals surface area contributed by atoms with Crippen LogP contribution in [0.3, 0.4) is 0 Å². The molecule has 2 aromatic carbocycles. The Morgan fingerprint density at radius 3 is 2.48 bits per heavy atom. The summed E-state index contributed by atoms with van der Waals surface area (Å²) in [5.74, 6) is 2.23. The highest BCUT2D eigenvalue weighted by Crippen LogP contribution is 2.30. The van der Waals surface area contributed by atoms with Crippen LogP contribution in [-0.2, 0) is 17.9 Å². The smallest absolute Gasteiger partial charge is 0.223 e. The Kier molecular flexibility index (Phi) is 8.15. The number of nitrogens with one attached hydrogen (secondary N) is 2. The van der Waals surface area contributed by atoms with E-state index in [-0.39, 0.29) is 5.91 Å². The number of anilines is 1. The summed E-state index contributed by atoms with van der Waals surface area (Å²) < 4.78 is 11.0. The fourth-order valence-electron chi connectivity index (χ4n) is 3.55. The lowest BCUT2D eigenvalue weighted by Gasteiger charge is -2.15. The number of amides is 1. The van der Waals surface area contributed by atoms with Crippen LogP contribution in [0.25, 0.3) is 0 Å². The molecular weight excluding hydrogens is 392 g/mol. The zero-order valence-corrected chi connectivity index (χ0v) is 18.6. The highest BCUT2D eigenvalue weighted by molar-refractivity contribution is 5.94. The second-order valence-electron chi connectivity index (χ2n) is 7.31. The molecule has 1 aliphatic heterocycles. The zero-order chi connectivity index (χ0) is 22.1. The highest BCUT2D eigenvalue weighted by atomic mass is 16.5. The Bertz CT molecular complexity index is 888. The van der Waals surface area contributed by atoms with E-state index in [0.717, 1.165) is 12.2 Å². The second-order valence-corrected chi connectivity index (χ2v) is 7.31. The molecule has 0 fully saturated rings. The Morgan fingerprint density at radius 2 is 1.84 bits per heavy atom. The minimum atomic E-state index is 0.181. The number of hydrogen-bond donors (Lipinski definition) is 2. The number of ether oxygens (including phenoxy) is 2. The lowest BCUT2D eigenvalue weighted by atomic mass is 10.1. The molecule has 2 N–H and O–H groups in total. The average Bonchev–Trinajstić information content (AvgIpc) is 3.22. The van der Waals surface area contributed by atoms with Gasteiger partial charge in [0.05, 0.1) is 13.7 Å². The van der Waals surface area contributed by atoms with E-state index in [9.17, 15) is 4.79 Å². The number of nitrogens with zero attached hydrogens (tertiary/aromatic N) is 2. The molecule has 0 spiro atoms. The number of aliphatic imine (C=N–C) groups is 1. The van der Waals surface area contributed by atoms with Gasteiger partial charge < -0.3 is 25.0 Å². The van der Waals surface area contributed by atoms with E-state index in [0.29, 0.717) is 56.5 Å². The summed E-state index contributed by atoms with van der Waals surface area (Å²) in [5.41, 5.74) is 3.35. The summed E-state index contributed by atoms with van der Waals surface area (Å²) >= 11 is 0. The fraction of sp³-hybridized carbons (Fsp3) is 0.417. The van der Waals surface area contributed by atoms with Gasteiger partial charge in [0.2, 0.25) is 5.91 Å². The first-order chi connectivity index (χ1) is 15.1. The number of carbonyl (C=O) groups is 1. The Hall–Kier alpha value is -3.22. The lowest BCUT2D eigenvalue weighted by Crippen LogP contribution is -2.31. The number of benzene rings is 2. The molecule has 31 heavy (non-hydrogen) atoms. The lowest BCUT2D eigenvalue weighted by molar-refractivity contribution is -0.131. The van der Waals surface area contributed by atoms with Gasteiger partial charge in [0.25, 0.3) is 0 Å². The summed E-state index contributed by atoms with van der Waals surface area (Å²) in [7, 11) is 1.62. The van der Waals surface area contributed by atoms with Gasteiger partial charge in [-0.2, -0.15) is 0 Å². The van der Waals surface area contributed by atoms with Crippen molar-refractivity contribution in [2.24, 2.45) is 4.99 Å². The number of rotatable bonds is 9. The van der Waals surface area contributed by atoms with Crippen molar-refractivity contribution in [2.75, 3.05) is 32.1 Å². The molecule has 0 saturated carbocycles. The predicted octanol–water partition coefficient (Wildman–Crippen LogP) is 3.79. The summed E-state index contributed by atoms with van der Waals surface area (Å²) in [4.78, 5) is 19.1. The molecule has 0 atom stereocenters. The van der Waals surface area contributed by atoms with Crippen molar-refractivity contribution in [3.8, 4) is 11.5 Å². The maximum absolute atomic E-state index is 12.6. The molecule has 7 nitrogen and oxygen atoms in total. The molecule has 1 heterocycles. The van der Waals surface area contributed by atoms with Crippen molar-refractivity contribution in [2.45, 2.75) is 39.8 Å². The third kappa shape index (κ3) is 6.13. The van der Waals surface area contributed by atoms with Crippen LogP contribution in [0, 0.1) is 0 Å². The van der Waals surface area contributed by atoms with E-state index in [2.05, 4.69) is 27.8 Å². The monoisotopic (exact) mass is 424 g/mol. The normalized spacial score (nSPS) is 13.0. The largest absolute Gasteiger partial charge is 0.493 e. The van der Waals surface area contributed by atoms with Crippen LogP contribution < -0.4 is 20.1 Å². The molecule has 0 saturated heterocycles. The quantitative estimate of drug-likeness (QED) is 0.364. The summed E-state index contributed by atoms with van der Waals surface area (Å²) in [5, 5.41) is 6.52. The number of methoxy groups -OCH3 is 1. The van der Waals surface area contributed by atoms with Crippen molar-refractivity contribution in [3.05, 3.63) is 53.6 Å². The molecule has 0 bridgehead atoms. The topological polar surface area (TPSA) is 75.2 Å². The molecule has 0 unspecified atom stereocenters. The van der Waals surface area contributed by atoms with Gasteiger partial charge in [0, 0.05) is 44.4 Å². The van der Waals surface area contributed by atoms with Gasteiger partial charge in [-0.15, -0.1) is 0 Å². The molecule has 3 rings (SSSR count). The van der Waals surface area contributed by atoms with Gasteiger partial charge >= 0.3 is 0 Å². The molecular formula is C24H32N4O3. The standard InChI is InChI=1S/C24H32N4O3/c1-4-25-24(27-20-12-13-21(31-5-2)22(15-20)30-3)26-14-8-11-23(29)28-16-18-9-6-7-10-19(18)17-28/h6-7,9-10,12-13,15H,4-5,8,11,14,16-17H2,1-3H3,(H2,25,26,27). The van der Waals surface area contributed by atoms with Crippen LogP contribution in [-0.4, -0.2) is 43.6 Å². The van der Waals surface area contributed by atoms with Gasteiger partial charge in [-0.3, -0.25) is 9.79 Å². The van der Waals surface area contributed by atoms with Crippen LogP contribution in [0.4, 0.5) is 5.69 Å². The summed E-state index contributed by atoms with van der Waals surface area (Å²) in [6, 6.07) is 13.9. The third-order valence-electron chi connectivity index (χ3n) is 5.08. The number of carbonyl (C=O) groups excluding carboxylic acids is 1. The van der Waals surface area contributed by atoms with Crippen LogP contribution in [0.1, 0.15) is 37.8 Å². The average molecular weight is 425 g/mol. The SMILES string of the molecule is CCNC(=NCCCC(=O)N1Cc2ccccc2C1)Nc1ccc(OCC)c(OC)c1. The maximum Gasteiger partial charge on any atom is 0.223 e. The van der Waals surface area contributed by atoms with E-state index in [1.165, 1.54) is 11.1 Å². The first-order valence-corrected chi connectivity index (χ1v) is 10.8. The van der Waals surface area contributed by atoms with Crippen LogP contribution in [0.15, 0.2) is 47.5 Å². The number of fused-ring (bicyclic) bond motifs is 1. The molecule has 0 aromatic heterocycles. The first-order valence-electron chi connectivity index (χ1n) is 10.8. The number of hydrogen-bond acceptors (Lipinski definition) is 4. The Labute approximate surface area is 184 Å². The van der Waals surface area contributed by atoms with Crippen LogP contribution in [0.5, 0.6) is 11.5 Å². The van der Waals surface area contributed by atoms with E-state index in [1.54, 1.807) is 7.11 Å². The molecule has 1 aliphatic rings. The highest BCUT2D eigenvalue weighted by Gasteiger charge is 2.22. The first kappa shape index (κ1) is 22.5. The summed E-state index contributed by atoms with van der Waals surface area (Å²) in [6.45, 7) is 7.26. The van der Waals surface area contributed by atoms with E-state index in [1.807, 2.05) is 49.1 Å². The van der Waals surface area contributed by atoms with Crippen molar-refractivity contribution >= 4 is 17.6 Å². The molecule has 1 amide bonds. The van der Waals surface area contributed by atoms with Crippen molar-refractivity contribution < 1.29 is 14.3 Å². The third-order valence-corrected chi connectivity index (χ3v) is 5.08. The maximum atomic E-state index is 12.6. The number of guanidine groups is 1. The zero-order valence-electron chi connectivity index (χ0n) is 18.6. The van der Waals surface area contributed by atoms with E-state index >= 15 is 0 Å². The van der Waals surface area contributed by atoms with Crippen LogP contribution in [0.2, 0.25) is 0 Å². The van der Waals surface area contributed by atoms with Crippen molar-refractivity contribution in [1.29, 1.82) is 0 Å². The molecule has 2 aromatic rings. The predicted molar refractivity (Wildman–Crippen MR) is 124 cm³/mol. The van der Waals surface area contributed by atoms with Crippen molar-refractivity contribution in [1.82, 2.24) is 10.2 Å². The van der Waals surface area contributed by atoms with Gasteiger partial charge in [0.15, 0.2) is 17.5 Å². The Morgan fingerprint density at radius 1 is 1.10 bits per heavy atom. The van der Waals surface area contributed by atoms with E-state index < -0.39 is 0 Å². The minimum Gasteiger partial charge on any atom is -0.493 e. The fourth-order valence-corrected chi connectivity index (χ4v) is 3.55. The molecule has 0 radical (unpaired) electrons. The van der Waals surface area contributed by atoms with Crippen molar-refractivity contribution in [3.63, 3.8) is 0 Å².